The van der Waals surface area contributed by atoms with Crippen LogP contribution < -0.4 is 21.9 Å². The fourth-order valence-electron chi connectivity index (χ4n) is 2.76. The first-order valence-corrected chi connectivity index (χ1v) is 7.06. The van der Waals surface area contributed by atoms with Crippen LogP contribution in [-0.4, -0.2) is 38.2 Å². The molecule has 3 N–H and O–H groups in total. The van der Waals surface area contributed by atoms with Crippen molar-refractivity contribution < 1.29 is 0 Å². The smallest absolute Gasteiger partial charge is 0.332 e. The average Bonchev–Trinajstić information content (AvgIpc) is 2.91. The van der Waals surface area contributed by atoms with Gasteiger partial charge in [0.05, 0.1) is 0 Å². The number of aromatic amines is 1. The van der Waals surface area contributed by atoms with Gasteiger partial charge in [0.1, 0.15) is 0 Å². The van der Waals surface area contributed by atoms with Crippen LogP contribution in [0, 0.1) is 5.92 Å². The first-order chi connectivity index (χ1) is 9.90. The number of imidazole rings is 1. The number of rotatable bonds is 1. The number of hydrogen-bond acceptors (Lipinski definition) is 5. The topological polar surface area (TPSA) is 102 Å². The number of aromatic nitrogens is 4. The van der Waals surface area contributed by atoms with Crippen LogP contribution in [0.2, 0.25) is 0 Å². The summed E-state index contributed by atoms with van der Waals surface area (Å²) in [7, 11) is 3.07. The van der Waals surface area contributed by atoms with E-state index in [0.29, 0.717) is 29.6 Å². The lowest BCUT2D eigenvalue weighted by Gasteiger charge is -2.34. The third-order valence-electron chi connectivity index (χ3n) is 4.40. The number of nitrogens with two attached hydrogens (primary N) is 1. The Hall–Kier alpha value is -2.09. The Morgan fingerprint density at radius 2 is 2.00 bits per heavy atom. The fraction of sp³-hybridized carbons (Fsp3) is 0.615. The molecule has 2 aromatic rings. The van der Waals surface area contributed by atoms with Gasteiger partial charge < -0.3 is 15.6 Å². The zero-order valence-corrected chi connectivity index (χ0v) is 12.5. The maximum absolute atomic E-state index is 12.1. The molecule has 2 unspecified atom stereocenters. The van der Waals surface area contributed by atoms with E-state index in [1.54, 1.807) is 7.05 Å². The highest BCUT2D eigenvalue weighted by Crippen LogP contribution is 2.21. The molecule has 0 aliphatic carbocycles. The predicted molar refractivity (Wildman–Crippen MR) is 80.5 cm³/mol. The Morgan fingerprint density at radius 3 is 2.67 bits per heavy atom. The molecule has 3 rings (SSSR count). The SMILES string of the molecule is CC1CCN(c2nc3c([nH]2)c(=O)n(C)c(=O)n3C)CC1N. The van der Waals surface area contributed by atoms with Crippen LogP contribution in [0.5, 0.6) is 0 Å². The summed E-state index contributed by atoms with van der Waals surface area (Å²) in [6, 6.07) is 0.0821. The van der Waals surface area contributed by atoms with Gasteiger partial charge in [-0.25, -0.2) is 4.79 Å². The molecule has 8 heteroatoms. The molecule has 8 nitrogen and oxygen atoms in total. The predicted octanol–water partition coefficient (Wildman–Crippen LogP) is -0.866. The largest absolute Gasteiger partial charge is 0.341 e. The highest BCUT2D eigenvalue weighted by Gasteiger charge is 2.25. The number of H-pyrrole nitrogens is 1. The Morgan fingerprint density at radius 1 is 1.29 bits per heavy atom. The van der Waals surface area contributed by atoms with Crippen LogP contribution in [0.4, 0.5) is 5.95 Å². The van der Waals surface area contributed by atoms with Crippen molar-refractivity contribution in [3.63, 3.8) is 0 Å². The van der Waals surface area contributed by atoms with E-state index in [2.05, 4.69) is 16.9 Å². The summed E-state index contributed by atoms with van der Waals surface area (Å²) in [4.78, 5) is 33.6. The second-order valence-corrected chi connectivity index (χ2v) is 5.84. The van der Waals surface area contributed by atoms with E-state index in [9.17, 15) is 9.59 Å². The monoisotopic (exact) mass is 292 g/mol. The van der Waals surface area contributed by atoms with Crippen molar-refractivity contribution in [2.75, 3.05) is 18.0 Å². The van der Waals surface area contributed by atoms with Gasteiger partial charge >= 0.3 is 5.69 Å². The summed E-state index contributed by atoms with van der Waals surface area (Å²) < 4.78 is 2.46. The van der Waals surface area contributed by atoms with Crippen molar-refractivity contribution in [2.45, 2.75) is 19.4 Å². The average molecular weight is 292 g/mol. The van der Waals surface area contributed by atoms with Crippen LogP contribution in [-0.2, 0) is 14.1 Å². The van der Waals surface area contributed by atoms with E-state index in [1.165, 1.54) is 11.6 Å². The van der Waals surface area contributed by atoms with Crippen molar-refractivity contribution in [3.8, 4) is 0 Å². The van der Waals surface area contributed by atoms with Crippen molar-refractivity contribution >= 4 is 17.1 Å². The van der Waals surface area contributed by atoms with Crippen LogP contribution in [0.3, 0.4) is 0 Å². The molecule has 2 aromatic heterocycles. The number of fused-ring (bicyclic) bond motifs is 1. The van der Waals surface area contributed by atoms with E-state index in [0.717, 1.165) is 17.5 Å². The Labute approximate surface area is 121 Å². The zero-order valence-electron chi connectivity index (χ0n) is 12.5. The van der Waals surface area contributed by atoms with Gasteiger partial charge in [0.25, 0.3) is 5.56 Å². The molecule has 1 aliphatic heterocycles. The highest BCUT2D eigenvalue weighted by molar-refractivity contribution is 5.73. The Balaban J connectivity index is 2.10. The summed E-state index contributed by atoms with van der Waals surface area (Å²) in [5, 5.41) is 0. The van der Waals surface area contributed by atoms with Crippen LogP contribution in [0.1, 0.15) is 13.3 Å². The lowest BCUT2D eigenvalue weighted by atomic mass is 9.95. The lowest BCUT2D eigenvalue weighted by Crippen LogP contribution is -2.48. The summed E-state index contributed by atoms with van der Waals surface area (Å²) >= 11 is 0. The third kappa shape index (κ3) is 2.06. The molecule has 3 heterocycles. The molecule has 1 aliphatic rings. The van der Waals surface area contributed by atoms with Crippen LogP contribution in [0.15, 0.2) is 9.59 Å². The minimum absolute atomic E-state index is 0.0821. The molecule has 0 spiro atoms. The number of nitrogens with one attached hydrogen (secondary N) is 1. The third-order valence-corrected chi connectivity index (χ3v) is 4.40. The number of piperidine rings is 1. The zero-order chi connectivity index (χ0) is 15.3. The van der Waals surface area contributed by atoms with E-state index >= 15 is 0 Å². The molecule has 0 bridgehead atoms. The van der Waals surface area contributed by atoms with E-state index < -0.39 is 0 Å². The van der Waals surface area contributed by atoms with Gasteiger partial charge in [-0.15, -0.1) is 0 Å². The standard InChI is InChI=1S/C13H20N6O2/c1-7-4-5-19(6-8(7)14)12-15-9-10(16-12)17(2)13(21)18(3)11(9)20/h7-8H,4-6,14H2,1-3H3,(H,15,16). The Kier molecular flexibility index (Phi) is 3.12. The number of nitrogens with zero attached hydrogens (tertiary/aromatic N) is 4. The van der Waals surface area contributed by atoms with Crippen LogP contribution >= 0.6 is 0 Å². The fourth-order valence-corrected chi connectivity index (χ4v) is 2.76. The number of anilines is 1. The van der Waals surface area contributed by atoms with Crippen molar-refractivity contribution in [2.24, 2.45) is 25.7 Å². The van der Waals surface area contributed by atoms with E-state index in [4.69, 9.17) is 5.73 Å². The maximum Gasteiger partial charge on any atom is 0.332 e. The second-order valence-electron chi connectivity index (χ2n) is 5.84. The van der Waals surface area contributed by atoms with Gasteiger partial charge in [0.2, 0.25) is 5.95 Å². The molecule has 1 fully saturated rings. The molecular formula is C13H20N6O2. The van der Waals surface area contributed by atoms with E-state index in [-0.39, 0.29) is 17.3 Å². The molecule has 0 saturated carbocycles. The van der Waals surface area contributed by atoms with E-state index in [1.807, 2.05) is 4.90 Å². The van der Waals surface area contributed by atoms with Crippen molar-refractivity contribution in [3.05, 3.63) is 20.8 Å². The lowest BCUT2D eigenvalue weighted by molar-refractivity contribution is 0.377. The molecule has 21 heavy (non-hydrogen) atoms. The van der Waals surface area contributed by atoms with Gasteiger partial charge in [-0.05, 0) is 12.3 Å². The summed E-state index contributed by atoms with van der Waals surface area (Å²) in [6.07, 6.45) is 0.981. The number of hydrogen-bond donors (Lipinski definition) is 2. The van der Waals surface area contributed by atoms with Gasteiger partial charge in [-0.2, -0.15) is 4.98 Å². The molecule has 1 saturated heterocycles. The first-order valence-electron chi connectivity index (χ1n) is 7.06. The summed E-state index contributed by atoms with van der Waals surface area (Å²) in [5.41, 5.74) is 6.09. The molecule has 0 aromatic carbocycles. The molecular weight excluding hydrogens is 272 g/mol. The quantitative estimate of drug-likeness (QED) is 0.711. The van der Waals surface area contributed by atoms with Crippen molar-refractivity contribution in [1.82, 2.24) is 19.1 Å². The normalized spacial score (nSPS) is 23.0. The van der Waals surface area contributed by atoms with Gasteiger partial charge in [0, 0.05) is 33.2 Å². The maximum atomic E-state index is 12.1. The summed E-state index contributed by atoms with van der Waals surface area (Å²) in [5.74, 6) is 1.08. The molecule has 0 radical (unpaired) electrons. The second kappa shape index (κ2) is 4.73. The van der Waals surface area contributed by atoms with Gasteiger partial charge in [-0.1, -0.05) is 6.92 Å². The Bertz CT molecular complexity index is 801. The minimum Gasteiger partial charge on any atom is -0.341 e. The molecule has 2 atom stereocenters. The minimum atomic E-state index is -0.380. The summed E-state index contributed by atoms with van der Waals surface area (Å²) in [6.45, 7) is 3.66. The highest BCUT2D eigenvalue weighted by atomic mass is 16.2. The van der Waals surface area contributed by atoms with Crippen LogP contribution in [0.25, 0.3) is 11.2 Å². The van der Waals surface area contributed by atoms with Crippen molar-refractivity contribution in [1.29, 1.82) is 0 Å². The number of aryl methyl sites for hydroxylation is 1. The first kappa shape index (κ1) is 13.9. The molecule has 0 amide bonds. The van der Waals surface area contributed by atoms with Gasteiger partial charge in [-0.3, -0.25) is 13.9 Å². The van der Waals surface area contributed by atoms with Gasteiger partial charge in [0.15, 0.2) is 11.2 Å². The molecule has 114 valence electrons.